The number of aliphatic hydroxyl groups excluding tert-OH is 1. The number of carbonyl (C=O) groups is 3. The van der Waals surface area contributed by atoms with E-state index >= 15 is 0 Å². The Labute approximate surface area is 247 Å². The van der Waals surface area contributed by atoms with Gasteiger partial charge in [-0.25, -0.2) is 14.4 Å². The SMILES string of the molecule is O=C(O[C@@H]1[C@H](OC(=O)c2ccccc2)[C@@H](Sc2ccccc2)O[C@H](CO)[C@H]1OC(=O)c1ccccc1)c1ccccc1. The van der Waals surface area contributed by atoms with Gasteiger partial charge in [-0.3, -0.25) is 0 Å². The number of rotatable bonds is 9. The summed E-state index contributed by atoms with van der Waals surface area (Å²) < 4.78 is 24.0. The molecule has 4 aromatic carbocycles. The highest BCUT2D eigenvalue weighted by atomic mass is 32.2. The van der Waals surface area contributed by atoms with Crippen LogP contribution in [-0.2, 0) is 18.9 Å². The highest BCUT2D eigenvalue weighted by Gasteiger charge is 2.52. The molecule has 1 aliphatic heterocycles. The summed E-state index contributed by atoms with van der Waals surface area (Å²) in [5.74, 6) is -2.12. The van der Waals surface area contributed by atoms with Crippen LogP contribution >= 0.6 is 11.8 Å². The summed E-state index contributed by atoms with van der Waals surface area (Å²) in [6.07, 6.45) is -4.97. The Morgan fingerprint density at radius 3 is 1.38 bits per heavy atom. The van der Waals surface area contributed by atoms with Gasteiger partial charge in [-0.05, 0) is 48.5 Å². The van der Waals surface area contributed by atoms with E-state index in [0.29, 0.717) is 0 Å². The topological polar surface area (TPSA) is 108 Å². The lowest BCUT2D eigenvalue weighted by molar-refractivity contribution is -0.207. The second-order valence-electron chi connectivity index (χ2n) is 9.36. The van der Waals surface area contributed by atoms with Gasteiger partial charge in [0.2, 0.25) is 0 Å². The lowest BCUT2D eigenvalue weighted by Gasteiger charge is -2.44. The number of hydrogen-bond acceptors (Lipinski definition) is 9. The van der Waals surface area contributed by atoms with E-state index in [0.717, 1.165) is 4.90 Å². The minimum absolute atomic E-state index is 0.248. The fraction of sp³-hybridized carbons (Fsp3) is 0.182. The average Bonchev–Trinajstić information content (AvgIpc) is 3.05. The van der Waals surface area contributed by atoms with E-state index in [4.69, 9.17) is 18.9 Å². The van der Waals surface area contributed by atoms with Gasteiger partial charge in [0.05, 0.1) is 23.3 Å². The molecule has 0 amide bonds. The first-order valence-electron chi connectivity index (χ1n) is 13.3. The third-order valence-electron chi connectivity index (χ3n) is 6.52. The first-order chi connectivity index (χ1) is 20.5. The number of esters is 3. The number of thioether (sulfide) groups is 1. The molecule has 0 unspecified atom stereocenters. The predicted molar refractivity (Wildman–Crippen MR) is 155 cm³/mol. The molecule has 1 N–H and O–H groups in total. The van der Waals surface area contributed by atoms with E-state index in [1.165, 1.54) is 11.8 Å². The van der Waals surface area contributed by atoms with Gasteiger partial charge in [0.15, 0.2) is 18.3 Å². The molecule has 0 spiro atoms. The van der Waals surface area contributed by atoms with Crippen molar-refractivity contribution in [2.24, 2.45) is 0 Å². The minimum Gasteiger partial charge on any atom is -0.452 e. The molecule has 0 bridgehead atoms. The number of carbonyl (C=O) groups excluding carboxylic acids is 3. The van der Waals surface area contributed by atoms with Crippen molar-refractivity contribution in [1.29, 1.82) is 0 Å². The normalized spacial score (nSPS) is 21.6. The van der Waals surface area contributed by atoms with E-state index < -0.39 is 54.4 Å². The quantitative estimate of drug-likeness (QED) is 0.210. The molecule has 1 aliphatic rings. The first-order valence-corrected chi connectivity index (χ1v) is 14.2. The lowest BCUT2D eigenvalue weighted by Crippen LogP contribution is -2.61. The summed E-state index contributed by atoms with van der Waals surface area (Å²) in [4.78, 5) is 40.7. The molecule has 1 heterocycles. The third-order valence-corrected chi connectivity index (χ3v) is 7.68. The zero-order valence-corrected chi connectivity index (χ0v) is 23.2. The first kappa shape index (κ1) is 29.1. The summed E-state index contributed by atoms with van der Waals surface area (Å²) >= 11 is 1.23. The largest absolute Gasteiger partial charge is 0.452 e. The molecule has 5 rings (SSSR count). The maximum absolute atomic E-state index is 13.4. The summed E-state index contributed by atoms with van der Waals surface area (Å²) in [5, 5.41) is 10.4. The van der Waals surface area contributed by atoms with Crippen molar-refractivity contribution < 1.29 is 38.4 Å². The van der Waals surface area contributed by atoms with Gasteiger partial charge in [0.25, 0.3) is 0 Å². The minimum atomic E-state index is -1.33. The van der Waals surface area contributed by atoms with Crippen LogP contribution in [0, 0.1) is 0 Å². The zero-order chi connectivity index (χ0) is 29.3. The van der Waals surface area contributed by atoms with Crippen molar-refractivity contribution in [3.8, 4) is 0 Å². The van der Waals surface area contributed by atoms with Crippen molar-refractivity contribution in [3.05, 3.63) is 138 Å². The highest BCUT2D eigenvalue weighted by Crippen LogP contribution is 2.38. The number of ether oxygens (including phenoxy) is 4. The maximum atomic E-state index is 13.4. The standard InChI is InChI=1S/C33H28O8S/c34-21-26-27(39-30(35)22-13-5-1-6-14-22)28(40-31(36)23-15-7-2-8-16-23)29(41-32(37)24-17-9-3-10-18-24)33(38-26)42-25-19-11-4-12-20-25/h1-20,26-29,33-34H,21H2/t26-,27-,28+,29+,33-/m1/s1. The molecule has 5 atom stereocenters. The summed E-state index contributed by atoms with van der Waals surface area (Å²) in [5.41, 5.74) is -0.160. The van der Waals surface area contributed by atoms with E-state index in [2.05, 4.69) is 0 Å². The van der Waals surface area contributed by atoms with Crippen LogP contribution in [0.3, 0.4) is 0 Å². The van der Waals surface area contributed by atoms with Crippen molar-refractivity contribution in [2.75, 3.05) is 6.61 Å². The summed E-state index contributed by atoms with van der Waals surface area (Å²) in [6.45, 7) is -0.558. The Morgan fingerprint density at radius 1 is 0.571 bits per heavy atom. The second kappa shape index (κ2) is 14.0. The Bertz CT molecular complexity index is 1470. The van der Waals surface area contributed by atoms with Crippen LogP contribution < -0.4 is 0 Å². The molecular formula is C33H28O8S. The Balaban J connectivity index is 1.54. The fourth-order valence-electron chi connectivity index (χ4n) is 4.45. The number of aliphatic hydroxyl groups is 1. The van der Waals surface area contributed by atoms with Crippen LogP contribution in [0.2, 0.25) is 0 Å². The van der Waals surface area contributed by atoms with E-state index in [-0.39, 0.29) is 16.7 Å². The predicted octanol–water partition coefficient (Wildman–Crippen LogP) is 5.17. The van der Waals surface area contributed by atoms with Crippen LogP contribution in [0.15, 0.2) is 126 Å². The Kier molecular flexibility index (Phi) is 9.66. The van der Waals surface area contributed by atoms with Crippen LogP contribution in [0.1, 0.15) is 31.1 Å². The molecule has 42 heavy (non-hydrogen) atoms. The molecule has 1 saturated heterocycles. The van der Waals surface area contributed by atoms with Gasteiger partial charge >= 0.3 is 17.9 Å². The number of benzene rings is 4. The van der Waals surface area contributed by atoms with Gasteiger partial charge < -0.3 is 24.1 Å². The third kappa shape index (κ3) is 7.06. The van der Waals surface area contributed by atoms with Crippen LogP contribution in [-0.4, -0.2) is 59.5 Å². The molecule has 0 aliphatic carbocycles. The Morgan fingerprint density at radius 2 is 0.952 bits per heavy atom. The highest BCUT2D eigenvalue weighted by molar-refractivity contribution is 7.99. The van der Waals surface area contributed by atoms with Crippen LogP contribution in [0.25, 0.3) is 0 Å². The van der Waals surface area contributed by atoms with Crippen molar-refractivity contribution >= 4 is 29.7 Å². The van der Waals surface area contributed by atoms with Crippen LogP contribution in [0.4, 0.5) is 0 Å². The van der Waals surface area contributed by atoms with E-state index in [1.54, 1.807) is 91.0 Å². The molecule has 9 heteroatoms. The fourth-order valence-corrected chi connectivity index (χ4v) is 5.58. The molecule has 4 aromatic rings. The molecular weight excluding hydrogens is 556 g/mol. The molecule has 0 radical (unpaired) electrons. The summed E-state index contributed by atoms with van der Waals surface area (Å²) in [6, 6.07) is 34.2. The zero-order valence-electron chi connectivity index (χ0n) is 22.4. The lowest BCUT2D eigenvalue weighted by atomic mass is 9.98. The smallest absolute Gasteiger partial charge is 0.338 e. The van der Waals surface area contributed by atoms with Crippen molar-refractivity contribution in [3.63, 3.8) is 0 Å². The Hall–Kier alpha value is -4.44. The molecule has 1 fully saturated rings. The molecule has 0 aromatic heterocycles. The second-order valence-corrected chi connectivity index (χ2v) is 10.5. The van der Waals surface area contributed by atoms with Crippen molar-refractivity contribution in [1.82, 2.24) is 0 Å². The van der Waals surface area contributed by atoms with Gasteiger partial charge in [-0.15, -0.1) is 0 Å². The van der Waals surface area contributed by atoms with Gasteiger partial charge in [0, 0.05) is 4.90 Å². The number of hydrogen-bond donors (Lipinski definition) is 1. The molecule has 0 saturated carbocycles. The van der Waals surface area contributed by atoms with Crippen molar-refractivity contribution in [2.45, 2.75) is 34.7 Å². The molecule has 214 valence electrons. The molecule has 8 nitrogen and oxygen atoms in total. The average molecular weight is 585 g/mol. The van der Waals surface area contributed by atoms with Gasteiger partial charge in [0.1, 0.15) is 11.5 Å². The van der Waals surface area contributed by atoms with Gasteiger partial charge in [-0.2, -0.15) is 0 Å². The summed E-state index contributed by atoms with van der Waals surface area (Å²) in [7, 11) is 0. The van der Waals surface area contributed by atoms with E-state index in [1.807, 2.05) is 30.3 Å². The van der Waals surface area contributed by atoms with Gasteiger partial charge in [-0.1, -0.05) is 84.6 Å². The van der Waals surface area contributed by atoms with Crippen LogP contribution in [0.5, 0.6) is 0 Å². The monoisotopic (exact) mass is 584 g/mol. The maximum Gasteiger partial charge on any atom is 0.338 e. The van der Waals surface area contributed by atoms with E-state index in [9.17, 15) is 19.5 Å².